The minimum absolute atomic E-state index is 0.0117. The molecule has 1 aromatic heterocycles. The summed E-state index contributed by atoms with van der Waals surface area (Å²) < 4.78 is 26.5. The lowest BCUT2D eigenvalue weighted by atomic mass is 10.2. The molecule has 0 aliphatic rings. The highest BCUT2D eigenvalue weighted by Crippen LogP contribution is 2.31. The average molecular weight is 407 g/mol. The molecule has 6 nitrogen and oxygen atoms in total. The Morgan fingerprint density at radius 2 is 1.81 bits per heavy atom. The first kappa shape index (κ1) is 19.2. The number of amides is 1. The number of hydrogen-bond donors (Lipinski definition) is 2. The van der Waals surface area contributed by atoms with E-state index in [0.717, 1.165) is 17.3 Å². The number of rotatable bonds is 7. The van der Waals surface area contributed by atoms with Gasteiger partial charge in [-0.2, -0.15) is 8.78 Å². The van der Waals surface area contributed by atoms with Crippen molar-refractivity contribution in [2.45, 2.75) is 15.8 Å². The molecule has 0 aliphatic carbocycles. The van der Waals surface area contributed by atoms with E-state index in [1.807, 2.05) is 30.3 Å². The van der Waals surface area contributed by atoms with Crippen LogP contribution < -0.4 is 11.2 Å². The van der Waals surface area contributed by atoms with Gasteiger partial charge in [-0.3, -0.25) is 4.79 Å². The largest absolute Gasteiger partial charge is 0.335 e. The molecule has 0 spiro atoms. The number of carbonyl (C=O) groups is 1. The summed E-state index contributed by atoms with van der Waals surface area (Å²) in [5, 5.41) is 11.0. The monoisotopic (exact) mass is 407 g/mol. The first-order chi connectivity index (χ1) is 13.0. The summed E-state index contributed by atoms with van der Waals surface area (Å²) in [6.07, 6.45) is 0. The van der Waals surface area contributed by atoms with Gasteiger partial charge < -0.3 is 11.2 Å². The zero-order valence-electron chi connectivity index (χ0n) is 13.9. The molecule has 1 heterocycles. The molecule has 3 aromatic rings. The van der Waals surface area contributed by atoms with Crippen LogP contribution >= 0.6 is 23.5 Å². The summed E-state index contributed by atoms with van der Waals surface area (Å²) >= 11 is 1.49. The standard InChI is InChI=1S/C17H15F2N5OS2/c18-16(19)27-13-9-5-4-8-12(13)21-14(25)10-26-17-23-22-15(24(17)20)11-6-2-1-3-7-11/h1-9,16H,10,20H2,(H,21,25). The number of para-hydroxylation sites is 1. The van der Waals surface area contributed by atoms with Crippen LogP contribution in [0.25, 0.3) is 11.4 Å². The molecule has 0 atom stereocenters. The number of nitrogens with two attached hydrogens (primary N) is 1. The van der Waals surface area contributed by atoms with Crippen molar-refractivity contribution in [3.8, 4) is 11.4 Å². The minimum atomic E-state index is -2.57. The van der Waals surface area contributed by atoms with E-state index in [1.54, 1.807) is 18.2 Å². The number of nitrogens with one attached hydrogen (secondary N) is 1. The number of aromatic nitrogens is 3. The van der Waals surface area contributed by atoms with E-state index >= 15 is 0 Å². The second-order valence-electron chi connectivity index (χ2n) is 5.25. The van der Waals surface area contributed by atoms with Crippen molar-refractivity contribution in [1.82, 2.24) is 14.9 Å². The summed E-state index contributed by atoms with van der Waals surface area (Å²) in [4.78, 5) is 12.5. The Balaban J connectivity index is 1.63. The van der Waals surface area contributed by atoms with E-state index in [4.69, 9.17) is 5.84 Å². The molecule has 0 saturated carbocycles. The Hall–Kier alpha value is -2.59. The Morgan fingerprint density at radius 3 is 2.56 bits per heavy atom. The summed E-state index contributed by atoms with van der Waals surface area (Å²) in [7, 11) is 0. The molecule has 0 aliphatic heterocycles. The van der Waals surface area contributed by atoms with Crippen LogP contribution in [0.5, 0.6) is 0 Å². The van der Waals surface area contributed by atoms with E-state index in [2.05, 4.69) is 15.5 Å². The number of anilines is 1. The number of nitrogens with zero attached hydrogens (tertiary/aromatic N) is 3. The second-order valence-corrected chi connectivity index (χ2v) is 7.23. The molecule has 0 radical (unpaired) electrons. The van der Waals surface area contributed by atoms with E-state index in [9.17, 15) is 13.6 Å². The molecule has 0 unspecified atom stereocenters. The molecule has 10 heteroatoms. The van der Waals surface area contributed by atoms with Gasteiger partial charge in [0, 0.05) is 10.5 Å². The highest BCUT2D eigenvalue weighted by Gasteiger charge is 2.15. The third-order valence-corrected chi connectivity index (χ3v) is 5.14. The van der Waals surface area contributed by atoms with Crippen molar-refractivity contribution in [2.75, 3.05) is 16.9 Å². The topological polar surface area (TPSA) is 85.8 Å². The maximum Gasteiger partial charge on any atom is 0.288 e. The Labute approximate surface area is 162 Å². The molecular weight excluding hydrogens is 392 g/mol. The lowest BCUT2D eigenvalue weighted by Crippen LogP contribution is -2.16. The van der Waals surface area contributed by atoms with Gasteiger partial charge in [-0.25, -0.2) is 4.68 Å². The molecule has 3 N–H and O–H groups in total. The highest BCUT2D eigenvalue weighted by atomic mass is 32.2. The van der Waals surface area contributed by atoms with Gasteiger partial charge in [-0.1, -0.05) is 66.0 Å². The van der Waals surface area contributed by atoms with Crippen LogP contribution in [0.4, 0.5) is 14.5 Å². The number of thioether (sulfide) groups is 2. The van der Waals surface area contributed by atoms with E-state index in [-0.39, 0.29) is 11.7 Å². The van der Waals surface area contributed by atoms with Gasteiger partial charge in [0.25, 0.3) is 5.76 Å². The smallest absolute Gasteiger partial charge is 0.288 e. The zero-order chi connectivity index (χ0) is 19.2. The van der Waals surface area contributed by atoms with Crippen molar-refractivity contribution in [3.05, 3.63) is 54.6 Å². The first-order valence-corrected chi connectivity index (χ1v) is 9.63. The van der Waals surface area contributed by atoms with E-state index in [1.165, 1.54) is 10.7 Å². The van der Waals surface area contributed by atoms with E-state index in [0.29, 0.717) is 33.3 Å². The van der Waals surface area contributed by atoms with Crippen molar-refractivity contribution in [1.29, 1.82) is 0 Å². The first-order valence-electron chi connectivity index (χ1n) is 7.77. The fourth-order valence-electron chi connectivity index (χ4n) is 2.24. The van der Waals surface area contributed by atoms with Gasteiger partial charge in [0.1, 0.15) is 0 Å². The fourth-order valence-corrected chi connectivity index (χ4v) is 3.50. The van der Waals surface area contributed by atoms with Crippen LogP contribution in [0, 0.1) is 0 Å². The summed E-state index contributed by atoms with van der Waals surface area (Å²) in [5.74, 6) is 3.58. The third-order valence-electron chi connectivity index (χ3n) is 3.41. The highest BCUT2D eigenvalue weighted by molar-refractivity contribution is 8.00. The van der Waals surface area contributed by atoms with Crippen molar-refractivity contribution < 1.29 is 13.6 Å². The molecule has 3 rings (SSSR count). The Kier molecular flexibility index (Phi) is 6.30. The van der Waals surface area contributed by atoms with Crippen LogP contribution in [-0.4, -0.2) is 32.3 Å². The van der Waals surface area contributed by atoms with Crippen molar-refractivity contribution in [2.24, 2.45) is 0 Å². The molecule has 27 heavy (non-hydrogen) atoms. The van der Waals surface area contributed by atoms with Crippen LogP contribution in [0.2, 0.25) is 0 Å². The maximum absolute atomic E-state index is 12.6. The van der Waals surface area contributed by atoms with Crippen molar-refractivity contribution in [3.63, 3.8) is 0 Å². The molecule has 0 saturated heterocycles. The number of nitrogen functional groups attached to an aromatic ring is 1. The molecule has 0 fully saturated rings. The van der Waals surface area contributed by atoms with Crippen molar-refractivity contribution >= 4 is 35.1 Å². The Bertz CT molecular complexity index is 921. The number of halogens is 2. The zero-order valence-corrected chi connectivity index (χ0v) is 15.5. The number of hydrogen-bond acceptors (Lipinski definition) is 6. The normalized spacial score (nSPS) is 10.9. The lowest BCUT2D eigenvalue weighted by molar-refractivity contribution is -0.113. The van der Waals surface area contributed by atoms with Gasteiger partial charge >= 0.3 is 0 Å². The third kappa shape index (κ3) is 4.98. The predicted octanol–water partition coefficient (Wildman–Crippen LogP) is 3.70. The van der Waals surface area contributed by atoms with Crippen LogP contribution in [0.3, 0.4) is 0 Å². The predicted molar refractivity (Wildman–Crippen MR) is 103 cm³/mol. The van der Waals surface area contributed by atoms with Gasteiger partial charge in [-0.05, 0) is 12.1 Å². The van der Waals surface area contributed by atoms with Gasteiger partial charge in [0.15, 0.2) is 5.82 Å². The average Bonchev–Trinajstić information content (AvgIpc) is 3.02. The summed E-state index contributed by atoms with van der Waals surface area (Å²) in [6, 6.07) is 15.7. The quantitative estimate of drug-likeness (QED) is 0.459. The van der Waals surface area contributed by atoms with E-state index < -0.39 is 5.76 Å². The minimum Gasteiger partial charge on any atom is -0.335 e. The van der Waals surface area contributed by atoms with Crippen LogP contribution in [-0.2, 0) is 4.79 Å². The molecule has 0 bridgehead atoms. The maximum atomic E-state index is 12.6. The fraction of sp³-hybridized carbons (Fsp3) is 0.118. The second kappa shape index (κ2) is 8.87. The number of benzene rings is 2. The molecule has 2 aromatic carbocycles. The molecule has 1 amide bonds. The Morgan fingerprint density at radius 1 is 1.11 bits per heavy atom. The van der Waals surface area contributed by atoms with Crippen LogP contribution in [0.1, 0.15) is 0 Å². The van der Waals surface area contributed by atoms with Gasteiger partial charge in [-0.15, -0.1) is 10.2 Å². The summed E-state index contributed by atoms with van der Waals surface area (Å²) in [5.41, 5.74) is 1.15. The van der Waals surface area contributed by atoms with Gasteiger partial charge in [0.2, 0.25) is 11.1 Å². The molecular formula is C17H15F2N5OS2. The SMILES string of the molecule is Nn1c(SCC(=O)Nc2ccccc2SC(F)F)nnc1-c1ccccc1. The van der Waals surface area contributed by atoms with Gasteiger partial charge in [0.05, 0.1) is 11.4 Å². The number of carbonyl (C=O) groups excluding carboxylic acids is 1. The number of alkyl halides is 2. The summed E-state index contributed by atoms with van der Waals surface area (Å²) in [6.45, 7) is 0. The van der Waals surface area contributed by atoms with Crippen LogP contribution in [0.15, 0.2) is 64.6 Å². The molecule has 140 valence electrons. The lowest BCUT2D eigenvalue weighted by Gasteiger charge is -2.10.